The second kappa shape index (κ2) is 7.17. The molecule has 0 aromatic heterocycles. The maximum absolute atomic E-state index is 12.9. The molecule has 5 nitrogen and oxygen atoms in total. The molecule has 1 aliphatic heterocycles. The van der Waals surface area contributed by atoms with Gasteiger partial charge in [0.1, 0.15) is 5.82 Å². The summed E-state index contributed by atoms with van der Waals surface area (Å²) in [6.45, 7) is 1.46. The van der Waals surface area contributed by atoms with Crippen LogP contribution in [-0.4, -0.2) is 38.6 Å². The van der Waals surface area contributed by atoms with E-state index in [0.29, 0.717) is 25.4 Å². The van der Waals surface area contributed by atoms with Gasteiger partial charge in [0.2, 0.25) is 11.8 Å². The molecule has 6 heteroatoms. The number of nitrogens with one attached hydrogen (secondary N) is 1. The Kier molecular flexibility index (Phi) is 5.27. The molecule has 1 aromatic carbocycles. The molecule has 1 aromatic rings. The lowest BCUT2D eigenvalue weighted by Gasteiger charge is -2.16. The van der Waals surface area contributed by atoms with E-state index in [1.165, 1.54) is 17.0 Å². The van der Waals surface area contributed by atoms with Crippen molar-refractivity contribution in [3.8, 4) is 0 Å². The highest BCUT2D eigenvalue weighted by atomic mass is 19.1. The molecule has 1 fully saturated rings. The largest absolute Gasteiger partial charge is 0.385 e. The van der Waals surface area contributed by atoms with Crippen LogP contribution in [-0.2, 0) is 14.3 Å². The van der Waals surface area contributed by atoms with E-state index in [9.17, 15) is 14.0 Å². The minimum absolute atomic E-state index is 0.112. The number of anilines is 1. The monoisotopic (exact) mass is 294 g/mol. The van der Waals surface area contributed by atoms with E-state index < -0.39 is 0 Å². The first kappa shape index (κ1) is 15.4. The Morgan fingerprint density at radius 2 is 2.14 bits per heavy atom. The Morgan fingerprint density at radius 3 is 2.81 bits per heavy atom. The number of carbonyl (C=O) groups excluding carboxylic acids is 2. The molecule has 114 valence electrons. The van der Waals surface area contributed by atoms with Gasteiger partial charge >= 0.3 is 0 Å². The molecule has 1 heterocycles. The Balaban J connectivity index is 1.90. The Bertz CT molecular complexity index is 504. The second-order valence-electron chi connectivity index (χ2n) is 5.02. The van der Waals surface area contributed by atoms with Crippen LogP contribution in [0, 0.1) is 11.7 Å². The van der Waals surface area contributed by atoms with Gasteiger partial charge in [-0.15, -0.1) is 0 Å². The number of hydrogen-bond acceptors (Lipinski definition) is 3. The standard InChI is InChI=1S/C15H19FN2O3/c1-21-8-2-7-17-15(20)11-9-14(19)18(10-11)13-5-3-12(16)4-6-13/h3-6,11H,2,7-10H2,1H3,(H,17,20)/t11-/m0/s1. The molecule has 1 aliphatic rings. The molecule has 0 aliphatic carbocycles. The Morgan fingerprint density at radius 1 is 1.43 bits per heavy atom. The van der Waals surface area contributed by atoms with Gasteiger partial charge in [0.05, 0.1) is 5.92 Å². The average molecular weight is 294 g/mol. The molecule has 2 rings (SSSR count). The molecule has 2 amide bonds. The number of nitrogens with zero attached hydrogens (tertiary/aromatic N) is 1. The van der Waals surface area contributed by atoms with Crippen molar-refractivity contribution in [1.29, 1.82) is 0 Å². The third-order valence-electron chi connectivity index (χ3n) is 3.46. The van der Waals surface area contributed by atoms with Gasteiger partial charge in [-0.3, -0.25) is 9.59 Å². The fraction of sp³-hybridized carbons (Fsp3) is 0.467. The summed E-state index contributed by atoms with van der Waals surface area (Å²) in [4.78, 5) is 25.5. The minimum Gasteiger partial charge on any atom is -0.385 e. The van der Waals surface area contributed by atoms with Crippen LogP contribution in [0.5, 0.6) is 0 Å². The van der Waals surface area contributed by atoms with Crippen LogP contribution in [0.25, 0.3) is 0 Å². The minimum atomic E-state index is -0.356. The Labute approximate surface area is 123 Å². The van der Waals surface area contributed by atoms with Gasteiger partial charge in [-0.25, -0.2) is 4.39 Å². The van der Waals surface area contributed by atoms with Gasteiger partial charge in [-0.2, -0.15) is 0 Å². The lowest BCUT2D eigenvalue weighted by molar-refractivity contribution is -0.126. The summed E-state index contributed by atoms with van der Waals surface area (Å²) in [5.41, 5.74) is 0.621. The third kappa shape index (κ3) is 4.01. The van der Waals surface area contributed by atoms with Crippen LogP contribution < -0.4 is 10.2 Å². The quantitative estimate of drug-likeness (QED) is 0.805. The van der Waals surface area contributed by atoms with E-state index in [1.54, 1.807) is 19.2 Å². The van der Waals surface area contributed by atoms with Gasteiger partial charge in [-0.05, 0) is 30.7 Å². The van der Waals surface area contributed by atoms with E-state index in [2.05, 4.69) is 5.32 Å². The van der Waals surface area contributed by atoms with Gasteiger partial charge in [0.15, 0.2) is 0 Å². The summed E-state index contributed by atoms with van der Waals surface area (Å²) in [5, 5.41) is 2.80. The van der Waals surface area contributed by atoms with Crippen molar-refractivity contribution in [2.75, 3.05) is 31.7 Å². The topological polar surface area (TPSA) is 58.6 Å². The zero-order valence-electron chi connectivity index (χ0n) is 12.0. The van der Waals surface area contributed by atoms with Crippen LogP contribution in [0.15, 0.2) is 24.3 Å². The molecular weight excluding hydrogens is 275 g/mol. The fourth-order valence-corrected chi connectivity index (χ4v) is 2.33. The summed E-state index contributed by atoms with van der Waals surface area (Å²) in [7, 11) is 1.61. The van der Waals surface area contributed by atoms with Crippen molar-refractivity contribution in [3.05, 3.63) is 30.1 Å². The lowest BCUT2D eigenvalue weighted by Crippen LogP contribution is -2.33. The molecule has 21 heavy (non-hydrogen) atoms. The lowest BCUT2D eigenvalue weighted by atomic mass is 10.1. The number of rotatable bonds is 6. The van der Waals surface area contributed by atoms with Crippen molar-refractivity contribution in [1.82, 2.24) is 5.32 Å². The molecule has 0 saturated carbocycles. The summed E-state index contributed by atoms with van der Waals surface area (Å²) in [5.74, 6) is -0.939. The second-order valence-corrected chi connectivity index (χ2v) is 5.02. The first-order valence-electron chi connectivity index (χ1n) is 6.94. The van der Waals surface area contributed by atoms with Crippen molar-refractivity contribution in [2.24, 2.45) is 5.92 Å². The van der Waals surface area contributed by atoms with Crippen molar-refractivity contribution < 1.29 is 18.7 Å². The number of methoxy groups -OCH3 is 1. The molecule has 1 saturated heterocycles. The first-order valence-corrected chi connectivity index (χ1v) is 6.94. The normalized spacial score (nSPS) is 18.1. The zero-order chi connectivity index (χ0) is 15.2. The van der Waals surface area contributed by atoms with Crippen LogP contribution in [0.3, 0.4) is 0 Å². The molecule has 0 radical (unpaired) electrons. The molecular formula is C15H19FN2O3. The number of halogens is 1. The number of amides is 2. The highest BCUT2D eigenvalue weighted by Crippen LogP contribution is 2.25. The van der Waals surface area contributed by atoms with E-state index in [1.807, 2.05) is 0 Å². The van der Waals surface area contributed by atoms with Crippen LogP contribution in [0.2, 0.25) is 0 Å². The van der Waals surface area contributed by atoms with Crippen LogP contribution >= 0.6 is 0 Å². The average Bonchev–Trinajstić information content (AvgIpc) is 2.86. The van der Waals surface area contributed by atoms with Crippen LogP contribution in [0.4, 0.5) is 10.1 Å². The van der Waals surface area contributed by atoms with E-state index in [0.717, 1.165) is 6.42 Å². The summed E-state index contributed by atoms with van der Waals surface area (Å²) < 4.78 is 17.8. The first-order chi connectivity index (χ1) is 10.1. The molecule has 0 bridgehead atoms. The number of ether oxygens (including phenoxy) is 1. The predicted octanol–water partition coefficient (Wildman–Crippen LogP) is 1.33. The fourth-order valence-electron chi connectivity index (χ4n) is 2.33. The molecule has 0 unspecified atom stereocenters. The number of benzene rings is 1. The predicted molar refractivity (Wildman–Crippen MR) is 76.4 cm³/mol. The van der Waals surface area contributed by atoms with E-state index in [4.69, 9.17) is 4.74 Å². The SMILES string of the molecule is COCCCNC(=O)[C@H]1CC(=O)N(c2ccc(F)cc2)C1. The van der Waals surface area contributed by atoms with Crippen molar-refractivity contribution in [2.45, 2.75) is 12.8 Å². The van der Waals surface area contributed by atoms with Crippen molar-refractivity contribution in [3.63, 3.8) is 0 Å². The van der Waals surface area contributed by atoms with E-state index >= 15 is 0 Å². The molecule has 1 N–H and O–H groups in total. The maximum atomic E-state index is 12.9. The molecule has 1 atom stereocenters. The zero-order valence-corrected chi connectivity index (χ0v) is 12.0. The maximum Gasteiger partial charge on any atom is 0.227 e. The number of carbonyl (C=O) groups is 2. The number of hydrogen-bond donors (Lipinski definition) is 1. The van der Waals surface area contributed by atoms with E-state index in [-0.39, 0.29) is 30.0 Å². The smallest absolute Gasteiger partial charge is 0.227 e. The Hall–Kier alpha value is -1.95. The van der Waals surface area contributed by atoms with Gasteiger partial charge in [0, 0.05) is 38.9 Å². The highest BCUT2D eigenvalue weighted by molar-refractivity contribution is 6.00. The van der Waals surface area contributed by atoms with Gasteiger partial charge < -0.3 is 15.0 Å². The summed E-state index contributed by atoms with van der Waals surface area (Å²) >= 11 is 0. The molecule has 0 spiro atoms. The summed E-state index contributed by atoms with van der Waals surface area (Å²) in [6.07, 6.45) is 0.929. The third-order valence-corrected chi connectivity index (χ3v) is 3.46. The van der Waals surface area contributed by atoms with Crippen LogP contribution in [0.1, 0.15) is 12.8 Å². The van der Waals surface area contributed by atoms with Crippen molar-refractivity contribution >= 4 is 17.5 Å². The highest BCUT2D eigenvalue weighted by Gasteiger charge is 2.34. The van der Waals surface area contributed by atoms with Gasteiger partial charge in [0.25, 0.3) is 0 Å². The summed E-state index contributed by atoms with van der Waals surface area (Å²) in [6, 6.07) is 5.71. The van der Waals surface area contributed by atoms with Gasteiger partial charge in [-0.1, -0.05) is 0 Å².